The maximum Gasteiger partial charge on any atom is 0.243 e. The zero-order chi connectivity index (χ0) is 20.4. The van der Waals surface area contributed by atoms with E-state index in [2.05, 4.69) is 10.3 Å². The number of nitrogens with one attached hydrogen (secondary N) is 1. The molecular weight excluding hydrogens is 406 g/mol. The molecule has 29 heavy (non-hydrogen) atoms. The summed E-state index contributed by atoms with van der Waals surface area (Å²) in [5.41, 5.74) is 2.91. The van der Waals surface area contributed by atoms with E-state index in [-0.39, 0.29) is 18.9 Å². The van der Waals surface area contributed by atoms with Crippen molar-refractivity contribution in [2.45, 2.75) is 31.2 Å². The first-order chi connectivity index (χ1) is 13.9. The highest BCUT2D eigenvalue weighted by Crippen LogP contribution is 2.31. The Morgan fingerprint density at radius 3 is 2.62 bits per heavy atom. The standard InChI is InChI=1S/C21H21N3O3S2/c1-15-7-5-6-8-16(15)13-20(25)23-21-22-18-11-12-24(14-19(18)28-21)29(26,27)17-9-3-2-4-10-17/h2-10H,11-14H2,1H3,(H,22,23,25). The third kappa shape index (κ3) is 4.24. The molecule has 0 fully saturated rings. The molecule has 0 unspecified atom stereocenters. The molecule has 150 valence electrons. The van der Waals surface area contributed by atoms with Crippen molar-refractivity contribution in [2.75, 3.05) is 11.9 Å². The Balaban J connectivity index is 1.46. The fourth-order valence-corrected chi connectivity index (χ4v) is 5.87. The molecule has 1 aromatic heterocycles. The van der Waals surface area contributed by atoms with Crippen molar-refractivity contribution in [3.8, 4) is 0 Å². The van der Waals surface area contributed by atoms with Gasteiger partial charge in [0.25, 0.3) is 0 Å². The van der Waals surface area contributed by atoms with Crippen LogP contribution in [0.1, 0.15) is 21.7 Å². The first-order valence-corrected chi connectivity index (χ1v) is 11.6. The second kappa shape index (κ2) is 8.06. The Morgan fingerprint density at radius 2 is 1.86 bits per heavy atom. The van der Waals surface area contributed by atoms with Crippen LogP contribution in [0.5, 0.6) is 0 Å². The third-order valence-corrected chi connectivity index (χ3v) is 7.79. The van der Waals surface area contributed by atoms with E-state index in [1.165, 1.54) is 15.6 Å². The van der Waals surface area contributed by atoms with Crippen LogP contribution in [-0.4, -0.2) is 30.2 Å². The summed E-state index contributed by atoms with van der Waals surface area (Å²) in [4.78, 5) is 18.1. The van der Waals surface area contributed by atoms with Gasteiger partial charge in [-0.2, -0.15) is 4.31 Å². The van der Waals surface area contributed by atoms with Gasteiger partial charge < -0.3 is 5.32 Å². The number of sulfonamides is 1. The fourth-order valence-electron chi connectivity index (χ4n) is 3.32. The number of benzene rings is 2. The zero-order valence-electron chi connectivity index (χ0n) is 16.0. The van der Waals surface area contributed by atoms with Crippen LogP contribution < -0.4 is 5.32 Å². The van der Waals surface area contributed by atoms with Crippen LogP contribution in [-0.2, 0) is 34.2 Å². The summed E-state index contributed by atoms with van der Waals surface area (Å²) in [6.45, 7) is 2.63. The lowest BCUT2D eigenvalue weighted by atomic mass is 10.1. The topological polar surface area (TPSA) is 79.4 Å². The van der Waals surface area contributed by atoms with Crippen molar-refractivity contribution in [1.29, 1.82) is 0 Å². The first kappa shape index (κ1) is 19.8. The largest absolute Gasteiger partial charge is 0.302 e. The fraction of sp³-hybridized carbons (Fsp3) is 0.238. The Hall–Kier alpha value is -2.55. The van der Waals surface area contributed by atoms with E-state index < -0.39 is 10.0 Å². The molecule has 0 radical (unpaired) electrons. The lowest BCUT2D eigenvalue weighted by Gasteiger charge is -2.25. The molecule has 1 amide bonds. The Morgan fingerprint density at radius 1 is 1.14 bits per heavy atom. The van der Waals surface area contributed by atoms with E-state index in [0.717, 1.165) is 21.7 Å². The van der Waals surface area contributed by atoms with Crippen LogP contribution in [0.4, 0.5) is 5.13 Å². The minimum atomic E-state index is -3.54. The molecule has 1 N–H and O–H groups in total. The number of thiazole rings is 1. The second-order valence-electron chi connectivity index (χ2n) is 6.94. The molecule has 0 aliphatic carbocycles. The van der Waals surface area contributed by atoms with Gasteiger partial charge in [0.05, 0.1) is 23.6 Å². The zero-order valence-corrected chi connectivity index (χ0v) is 17.6. The number of aryl methyl sites for hydroxylation is 1. The SMILES string of the molecule is Cc1ccccc1CC(=O)Nc1nc2c(s1)CN(S(=O)(=O)c1ccccc1)CC2. The highest BCUT2D eigenvalue weighted by atomic mass is 32.2. The third-order valence-electron chi connectivity index (χ3n) is 4.94. The molecule has 1 aliphatic heterocycles. The van der Waals surface area contributed by atoms with Crippen molar-refractivity contribution in [3.05, 3.63) is 76.3 Å². The van der Waals surface area contributed by atoms with Crippen LogP contribution in [0.15, 0.2) is 59.5 Å². The molecule has 3 aromatic rings. The number of nitrogens with zero attached hydrogens (tertiary/aromatic N) is 2. The Bertz CT molecular complexity index is 1140. The number of hydrogen-bond donors (Lipinski definition) is 1. The van der Waals surface area contributed by atoms with Gasteiger partial charge in [-0.05, 0) is 30.2 Å². The van der Waals surface area contributed by atoms with Gasteiger partial charge in [0.1, 0.15) is 0 Å². The molecular formula is C21H21N3O3S2. The van der Waals surface area contributed by atoms with Gasteiger partial charge in [-0.25, -0.2) is 13.4 Å². The number of anilines is 1. The molecule has 0 spiro atoms. The monoisotopic (exact) mass is 427 g/mol. The van der Waals surface area contributed by atoms with E-state index in [1.807, 2.05) is 31.2 Å². The Kier molecular flexibility index (Phi) is 5.49. The average molecular weight is 428 g/mol. The van der Waals surface area contributed by atoms with Gasteiger partial charge in [0.2, 0.25) is 15.9 Å². The second-order valence-corrected chi connectivity index (χ2v) is 9.96. The number of fused-ring (bicyclic) bond motifs is 1. The molecule has 0 saturated carbocycles. The lowest BCUT2D eigenvalue weighted by Crippen LogP contribution is -2.35. The van der Waals surface area contributed by atoms with Gasteiger partial charge in [0.15, 0.2) is 5.13 Å². The molecule has 0 saturated heterocycles. The van der Waals surface area contributed by atoms with Crippen molar-refractivity contribution in [1.82, 2.24) is 9.29 Å². The van der Waals surface area contributed by atoms with Crippen LogP contribution in [0.25, 0.3) is 0 Å². The maximum atomic E-state index is 12.9. The number of carbonyl (C=O) groups is 1. The first-order valence-electron chi connectivity index (χ1n) is 9.31. The summed E-state index contributed by atoms with van der Waals surface area (Å²) >= 11 is 1.34. The number of hydrogen-bond acceptors (Lipinski definition) is 5. The quantitative estimate of drug-likeness (QED) is 0.677. The van der Waals surface area contributed by atoms with E-state index in [1.54, 1.807) is 30.3 Å². The summed E-state index contributed by atoms with van der Waals surface area (Å²) in [6, 6.07) is 16.2. The van der Waals surface area contributed by atoms with Gasteiger partial charge >= 0.3 is 0 Å². The summed E-state index contributed by atoms with van der Waals surface area (Å²) < 4.78 is 27.2. The van der Waals surface area contributed by atoms with Crippen molar-refractivity contribution in [2.24, 2.45) is 0 Å². The number of amides is 1. The molecule has 6 nitrogen and oxygen atoms in total. The molecule has 2 heterocycles. The summed E-state index contributed by atoms with van der Waals surface area (Å²) in [5.74, 6) is -0.126. The molecule has 2 aromatic carbocycles. The molecule has 4 rings (SSSR count). The van der Waals surface area contributed by atoms with Gasteiger partial charge in [0, 0.05) is 17.8 Å². The highest BCUT2D eigenvalue weighted by Gasteiger charge is 2.30. The van der Waals surface area contributed by atoms with Crippen LogP contribution in [0.2, 0.25) is 0 Å². The van der Waals surface area contributed by atoms with E-state index in [4.69, 9.17) is 0 Å². The molecule has 0 bridgehead atoms. The predicted octanol–water partition coefficient (Wildman–Crippen LogP) is 3.38. The lowest BCUT2D eigenvalue weighted by molar-refractivity contribution is -0.115. The minimum absolute atomic E-state index is 0.126. The van der Waals surface area contributed by atoms with Gasteiger partial charge in [-0.3, -0.25) is 4.79 Å². The normalized spacial score (nSPS) is 14.4. The van der Waals surface area contributed by atoms with E-state index in [0.29, 0.717) is 23.0 Å². The molecule has 0 atom stereocenters. The molecule has 1 aliphatic rings. The summed E-state index contributed by atoms with van der Waals surface area (Å²) in [7, 11) is -3.54. The number of aromatic nitrogens is 1. The highest BCUT2D eigenvalue weighted by molar-refractivity contribution is 7.89. The van der Waals surface area contributed by atoms with E-state index >= 15 is 0 Å². The Labute approximate surface area is 174 Å². The predicted molar refractivity (Wildman–Crippen MR) is 113 cm³/mol. The average Bonchev–Trinajstić information content (AvgIpc) is 3.11. The summed E-state index contributed by atoms with van der Waals surface area (Å²) in [5, 5.41) is 3.38. The maximum absolute atomic E-state index is 12.9. The van der Waals surface area contributed by atoms with Crippen molar-refractivity contribution >= 4 is 32.4 Å². The van der Waals surface area contributed by atoms with Crippen molar-refractivity contribution in [3.63, 3.8) is 0 Å². The number of carbonyl (C=O) groups excluding carboxylic acids is 1. The number of rotatable bonds is 5. The van der Waals surface area contributed by atoms with Gasteiger partial charge in [-0.1, -0.05) is 42.5 Å². The smallest absolute Gasteiger partial charge is 0.243 e. The van der Waals surface area contributed by atoms with Crippen molar-refractivity contribution < 1.29 is 13.2 Å². The molecule has 8 heteroatoms. The minimum Gasteiger partial charge on any atom is -0.302 e. The van der Waals surface area contributed by atoms with Crippen LogP contribution >= 0.6 is 11.3 Å². The summed E-state index contributed by atoms with van der Waals surface area (Å²) in [6.07, 6.45) is 0.816. The van der Waals surface area contributed by atoms with Gasteiger partial charge in [-0.15, -0.1) is 11.3 Å². The van der Waals surface area contributed by atoms with E-state index in [9.17, 15) is 13.2 Å². The van der Waals surface area contributed by atoms with Crippen LogP contribution in [0.3, 0.4) is 0 Å². The van der Waals surface area contributed by atoms with Crippen LogP contribution in [0, 0.1) is 6.92 Å².